The number of nitrogens with one attached hydrogen (secondary N) is 1. The molecule has 31 heavy (non-hydrogen) atoms. The zero-order valence-electron chi connectivity index (χ0n) is 16.7. The normalized spacial score (nSPS) is 10.7. The van der Waals surface area contributed by atoms with Crippen molar-refractivity contribution in [2.24, 2.45) is 5.10 Å². The van der Waals surface area contributed by atoms with Crippen LogP contribution in [0.3, 0.4) is 0 Å². The van der Waals surface area contributed by atoms with Crippen molar-refractivity contribution < 1.29 is 9.90 Å². The summed E-state index contributed by atoms with van der Waals surface area (Å²) >= 11 is 0. The summed E-state index contributed by atoms with van der Waals surface area (Å²) in [7, 11) is 0. The number of carbonyl (C=O) groups is 1. The molecule has 0 saturated heterocycles. The molecule has 4 rings (SSSR count). The van der Waals surface area contributed by atoms with E-state index in [1.807, 2.05) is 60.7 Å². The first kappa shape index (κ1) is 19.9. The molecule has 0 bridgehead atoms. The molecule has 0 aliphatic rings. The molecule has 5 heteroatoms. The van der Waals surface area contributed by atoms with E-state index in [9.17, 15) is 4.79 Å². The summed E-state index contributed by atoms with van der Waals surface area (Å²) in [5, 5.41) is 13.3. The first-order valence-corrected chi connectivity index (χ1v) is 9.83. The molecule has 0 aliphatic heterocycles. The molecule has 0 aromatic heterocycles. The molecular formula is C26H21N3O2. The summed E-state index contributed by atoms with van der Waals surface area (Å²) in [5.41, 5.74) is 7.82. The lowest BCUT2D eigenvalue weighted by molar-refractivity contribution is 0.0697. The van der Waals surface area contributed by atoms with Crippen LogP contribution in [-0.2, 0) is 0 Å². The Balaban J connectivity index is 1.53. The van der Waals surface area contributed by atoms with Crippen molar-refractivity contribution in [2.75, 3.05) is 10.3 Å². The standard InChI is InChI=1S/C26H21N3O2/c30-26(31)21-8-7-9-22(18-21)28-27-19-20-14-16-25(17-15-20)29(23-10-3-1-4-11-23)24-12-5-2-6-13-24/h1-19,28H,(H,30,31)/b27-19+. The molecule has 0 heterocycles. The summed E-state index contributed by atoms with van der Waals surface area (Å²) in [6.45, 7) is 0. The van der Waals surface area contributed by atoms with Crippen molar-refractivity contribution in [3.8, 4) is 0 Å². The lowest BCUT2D eigenvalue weighted by Crippen LogP contribution is -2.09. The molecule has 0 atom stereocenters. The number of hydrogen-bond donors (Lipinski definition) is 2. The molecule has 4 aromatic carbocycles. The number of carboxylic acid groups (broad SMARTS) is 1. The van der Waals surface area contributed by atoms with Gasteiger partial charge in [-0.1, -0.05) is 54.6 Å². The summed E-state index contributed by atoms with van der Waals surface area (Å²) in [6.07, 6.45) is 1.70. The van der Waals surface area contributed by atoms with Crippen LogP contribution in [0.15, 0.2) is 114 Å². The van der Waals surface area contributed by atoms with Gasteiger partial charge in [-0.3, -0.25) is 5.43 Å². The van der Waals surface area contributed by atoms with Crippen LogP contribution in [0.1, 0.15) is 15.9 Å². The topological polar surface area (TPSA) is 64.9 Å². The van der Waals surface area contributed by atoms with Gasteiger partial charge < -0.3 is 10.0 Å². The fourth-order valence-electron chi connectivity index (χ4n) is 3.21. The first-order chi connectivity index (χ1) is 15.2. The molecule has 0 amide bonds. The lowest BCUT2D eigenvalue weighted by Gasteiger charge is -2.25. The van der Waals surface area contributed by atoms with Gasteiger partial charge in [0.15, 0.2) is 0 Å². The van der Waals surface area contributed by atoms with E-state index < -0.39 is 5.97 Å². The van der Waals surface area contributed by atoms with Gasteiger partial charge in [0.2, 0.25) is 0 Å². The maximum absolute atomic E-state index is 11.1. The Labute approximate surface area is 180 Å². The number of benzene rings is 4. The van der Waals surface area contributed by atoms with Crippen LogP contribution in [0.4, 0.5) is 22.7 Å². The Morgan fingerprint density at radius 1 is 0.742 bits per heavy atom. The molecule has 5 nitrogen and oxygen atoms in total. The third-order valence-electron chi connectivity index (χ3n) is 4.70. The fraction of sp³-hybridized carbons (Fsp3) is 0. The molecule has 0 unspecified atom stereocenters. The van der Waals surface area contributed by atoms with Crippen molar-refractivity contribution >= 4 is 34.9 Å². The lowest BCUT2D eigenvalue weighted by atomic mass is 10.1. The Kier molecular flexibility index (Phi) is 6.05. The minimum absolute atomic E-state index is 0.214. The van der Waals surface area contributed by atoms with Crippen molar-refractivity contribution in [1.29, 1.82) is 0 Å². The third kappa shape index (κ3) is 4.97. The second-order valence-corrected chi connectivity index (χ2v) is 6.85. The van der Waals surface area contributed by atoms with Crippen LogP contribution in [-0.4, -0.2) is 17.3 Å². The number of carboxylic acids is 1. The number of aromatic carboxylic acids is 1. The van der Waals surface area contributed by atoms with Gasteiger partial charge in [-0.25, -0.2) is 4.79 Å². The summed E-state index contributed by atoms with van der Waals surface area (Å²) in [5.74, 6) is -0.968. The van der Waals surface area contributed by atoms with Gasteiger partial charge in [-0.15, -0.1) is 0 Å². The maximum atomic E-state index is 11.1. The molecule has 0 radical (unpaired) electrons. The van der Waals surface area contributed by atoms with E-state index in [1.165, 1.54) is 0 Å². The predicted molar refractivity (Wildman–Crippen MR) is 126 cm³/mol. The zero-order valence-corrected chi connectivity index (χ0v) is 16.7. The number of para-hydroxylation sites is 2. The van der Waals surface area contributed by atoms with E-state index in [4.69, 9.17) is 5.11 Å². The quantitative estimate of drug-likeness (QED) is 0.279. The number of nitrogens with zero attached hydrogens (tertiary/aromatic N) is 2. The monoisotopic (exact) mass is 407 g/mol. The van der Waals surface area contributed by atoms with E-state index in [-0.39, 0.29) is 5.56 Å². The average Bonchev–Trinajstić information content (AvgIpc) is 2.82. The van der Waals surface area contributed by atoms with Gasteiger partial charge in [-0.05, 0) is 60.2 Å². The molecule has 2 N–H and O–H groups in total. The van der Waals surface area contributed by atoms with Crippen LogP contribution in [0.25, 0.3) is 0 Å². The highest BCUT2D eigenvalue weighted by Gasteiger charge is 2.11. The van der Waals surface area contributed by atoms with Gasteiger partial charge in [-0.2, -0.15) is 5.10 Å². The minimum Gasteiger partial charge on any atom is -0.478 e. The average molecular weight is 407 g/mol. The molecule has 152 valence electrons. The van der Waals surface area contributed by atoms with Crippen LogP contribution < -0.4 is 10.3 Å². The third-order valence-corrected chi connectivity index (χ3v) is 4.70. The molecule has 0 aliphatic carbocycles. The van der Waals surface area contributed by atoms with E-state index in [1.54, 1.807) is 30.5 Å². The largest absolute Gasteiger partial charge is 0.478 e. The van der Waals surface area contributed by atoms with Crippen molar-refractivity contribution in [1.82, 2.24) is 0 Å². The smallest absolute Gasteiger partial charge is 0.335 e. The second kappa shape index (κ2) is 9.41. The minimum atomic E-state index is -0.968. The van der Waals surface area contributed by atoms with Gasteiger partial charge in [0.05, 0.1) is 17.5 Å². The Morgan fingerprint density at radius 2 is 1.32 bits per heavy atom. The molecule has 0 saturated carbocycles. The number of anilines is 4. The SMILES string of the molecule is O=C(O)c1cccc(N/N=C/c2ccc(N(c3ccccc3)c3ccccc3)cc2)c1. The Hall–Kier alpha value is -4.38. The van der Waals surface area contributed by atoms with Crippen LogP contribution in [0, 0.1) is 0 Å². The number of hydrogen-bond acceptors (Lipinski definition) is 4. The number of hydrazone groups is 1. The van der Waals surface area contributed by atoms with E-state index in [2.05, 4.69) is 39.7 Å². The molecule has 0 spiro atoms. The Bertz CT molecular complexity index is 1130. The summed E-state index contributed by atoms with van der Waals surface area (Å²) < 4.78 is 0. The fourth-order valence-corrected chi connectivity index (χ4v) is 3.21. The summed E-state index contributed by atoms with van der Waals surface area (Å²) in [4.78, 5) is 13.3. The molecule has 0 fully saturated rings. The highest BCUT2D eigenvalue weighted by molar-refractivity contribution is 5.89. The maximum Gasteiger partial charge on any atom is 0.335 e. The van der Waals surface area contributed by atoms with Crippen molar-refractivity contribution in [2.45, 2.75) is 0 Å². The van der Waals surface area contributed by atoms with Gasteiger partial charge in [0.1, 0.15) is 0 Å². The van der Waals surface area contributed by atoms with Gasteiger partial charge in [0, 0.05) is 17.1 Å². The van der Waals surface area contributed by atoms with Crippen LogP contribution >= 0.6 is 0 Å². The highest BCUT2D eigenvalue weighted by Crippen LogP contribution is 2.33. The van der Waals surface area contributed by atoms with E-state index >= 15 is 0 Å². The van der Waals surface area contributed by atoms with E-state index in [0.717, 1.165) is 22.6 Å². The molecular weight excluding hydrogens is 386 g/mol. The number of rotatable bonds is 7. The second-order valence-electron chi connectivity index (χ2n) is 6.85. The van der Waals surface area contributed by atoms with E-state index in [0.29, 0.717) is 5.69 Å². The van der Waals surface area contributed by atoms with Crippen LogP contribution in [0.2, 0.25) is 0 Å². The van der Waals surface area contributed by atoms with Gasteiger partial charge >= 0.3 is 5.97 Å². The van der Waals surface area contributed by atoms with Crippen molar-refractivity contribution in [3.63, 3.8) is 0 Å². The van der Waals surface area contributed by atoms with Crippen molar-refractivity contribution in [3.05, 3.63) is 120 Å². The van der Waals surface area contributed by atoms with Crippen LogP contribution in [0.5, 0.6) is 0 Å². The molecule has 4 aromatic rings. The van der Waals surface area contributed by atoms with Gasteiger partial charge in [0.25, 0.3) is 0 Å². The summed E-state index contributed by atoms with van der Waals surface area (Å²) in [6, 6.07) is 35.0. The predicted octanol–water partition coefficient (Wildman–Crippen LogP) is 6.30. The zero-order chi connectivity index (χ0) is 21.5. The highest BCUT2D eigenvalue weighted by atomic mass is 16.4. The Morgan fingerprint density at radius 3 is 1.90 bits per heavy atom. The first-order valence-electron chi connectivity index (χ1n) is 9.83.